The Morgan fingerprint density at radius 1 is 0.929 bits per heavy atom. The van der Waals surface area contributed by atoms with Crippen LogP contribution in [0.3, 0.4) is 0 Å². The van der Waals surface area contributed by atoms with E-state index in [4.69, 9.17) is 0 Å². The maximum atomic E-state index is 12.6. The molecule has 14 heavy (non-hydrogen) atoms. The van der Waals surface area contributed by atoms with Gasteiger partial charge in [-0.25, -0.2) is 0 Å². The lowest BCUT2D eigenvalue weighted by Gasteiger charge is -2.09. The molecule has 0 heterocycles. The van der Waals surface area contributed by atoms with Gasteiger partial charge >= 0.3 is 6.11 Å². The minimum absolute atomic E-state index is 0.315. The van der Waals surface area contributed by atoms with Crippen LogP contribution in [-0.4, -0.2) is 0 Å². The van der Waals surface area contributed by atoms with Gasteiger partial charge in [-0.05, 0) is 16.8 Å². The number of halogens is 2. The molecule has 2 aromatic carbocycles. The lowest BCUT2D eigenvalue weighted by molar-refractivity contribution is -0.251. The molecule has 2 rings (SSSR count). The molecule has 0 aliphatic heterocycles. The predicted octanol–water partition coefficient (Wildman–Crippen LogP) is 3.32. The summed E-state index contributed by atoms with van der Waals surface area (Å²) in [6.45, 7) is 0. The van der Waals surface area contributed by atoms with Crippen LogP contribution in [0.25, 0.3) is 10.8 Å². The van der Waals surface area contributed by atoms with Crippen molar-refractivity contribution in [1.82, 2.24) is 0 Å². The van der Waals surface area contributed by atoms with Gasteiger partial charge in [0.25, 0.3) is 0 Å². The molecule has 0 atom stereocenters. The van der Waals surface area contributed by atoms with Crippen LogP contribution in [0, 0.1) is 0 Å². The Bertz CT molecular complexity index is 455. The van der Waals surface area contributed by atoms with Gasteiger partial charge in [0, 0.05) is 0 Å². The van der Waals surface area contributed by atoms with Crippen LogP contribution >= 0.6 is 0 Å². The molecule has 0 aliphatic rings. The second-order valence-electron chi connectivity index (χ2n) is 3.04. The summed E-state index contributed by atoms with van der Waals surface area (Å²) in [4.78, 5) is 0. The van der Waals surface area contributed by atoms with E-state index in [-0.39, 0.29) is 0 Å². The number of benzene rings is 2. The Balaban J connectivity index is 2.78. The van der Waals surface area contributed by atoms with E-state index in [9.17, 15) is 13.9 Å². The molecule has 2 aromatic rings. The Hall–Kier alpha value is -1.48. The summed E-state index contributed by atoms with van der Waals surface area (Å²) in [5.41, 5.74) is -0.462. The van der Waals surface area contributed by atoms with Gasteiger partial charge in [0.1, 0.15) is 0 Å². The standard InChI is InChI=1S/C11H7F2O/c12-11(13,14)10-7-3-5-8-4-1-2-6-9(8)10/h1-7H. The maximum absolute atomic E-state index is 12.6. The van der Waals surface area contributed by atoms with Crippen molar-refractivity contribution >= 4 is 10.8 Å². The number of fused-ring (bicyclic) bond motifs is 1. The van der Waals surface area contributed by atoms with Gasteiger partial charge in [-0.1, -0.05) is 36.4 Å². The highest BCUT2D eigenvalue weighted by Gasteiger charge is 2.31. The molecule has 0 fully saturated rings. The normalized spacial score (nSPS) is 11.9. The Morgan fingerprint density at radius 2 is 1.57 bits per heavy atom. The van der Waals surface area contributed by atoms with Crippen molar-refractivity contribution < 1.29 is 13.9 Å². The van der Waals surface area contributed by atoms with Crippen LogP contribution in [0.4, 0.5) is 8.78 Å². The van der Waals surface area contributed by atoms with Gasteiger partial charge in [-0.2, -0.15) is 13.9 Å². The number of hydrogen-bond acceptors (Lipinski definition) is 0. The van der Waals surface area contributed by atoms with Gasteiger partial charge < -0.3 is 0 Å². The zero-order valence-corrected chi connectivity index (χ0v) is 7.21. The van der Waals surface area contributed by atoms with E-state index in [1.165, 1.54) is 12.1 Å². The van der Waals surface area contributed by atoms with Gasteiger partial charge in [-0.3, -0.25) is 0 Å². The molecule has 0 unspecified atom stereocenters. The fourth-order valence-electron chi connectivity index (χ4n) is 1.48. The average molecular weight is 193 g/mol. The van der Waals surface area contributed by atoms with E-state index < -0.39 is 11.7 Å². The first-order valence-corrected chi connectivity index (χ1v) is 4.15. The van der Waals surface area contributed by atoms with E-state index >= 15 is 0 Å². The molecule has 0 N–H and O–H groups in total. The van der Waals surface area contributed by atoms with E-state index in [1.54, 1.807) is 24.3 Å². The third-order valence-electron chi connectivity index (χ3n) is 2.10. The predicted molar refractivity (Wildman–Crippen MR) is 48.5 cm³/mol. The van der Waals surface area contributed by atoms with Crippen LogP contribution in [0.1, 0.15) is 5.56 Å². The summed E-state index contributed by atoms with van der Waals surface area (Å²) < 4.78 is 25.3. The van der Waals surface area contributed by atoms with Crippen molar-refractivity contribution in [2.24, 2.45) is 0 Å². The summed E-state index contributed by atoms with van der Waals surface area (Å²) in [5.74, 6) is 0. The Morgan fingerprint density at radius 3 is 2.29 bits per heavy atom. The molecule has 1 nitrogen and oxygen atoms in total. The first-order valence-electron chi connectivity index (χ1n) is 4.15. The van der Waals surface area contributed by atoms with Crippen molar-refractivity contribution in [3.63, 3.8) is 0 Å². The van der Waals surface area contributed by atoms with E-state index in [2.05, 4.69) is 0 Å². The minimum atomic E-state index is -4.03. The number of hydrogen-bond donors (Lipinski definition) is 0. The minimum Gasteiger partial charge on any atom is -0.168 e. The molecule has 0 bridgehead atoms. The monoisotopic (exact) mass is 193 g/mol. The Kier molecular flexibility index (Phi) is 1.97. The zero-order valence-electron chi connectivity index (χ0n) is 7.21. The van der Waals surface area contributed by atoms with E-state index in [0.29, 0.717) is 10.8 Å². The lowest BCUT2D eigenvalue weighted by atomic mass is 10.0. The van der Waals surface area contributed by atoms with Gasteiger partial charge in [0.15, 0.2) is 0 Å². The third kappa shape index (κ3) is 1.46. The first kappa shape index (κ1) is 9.09. The summed E-state index contributed by atoms with van der Waals surface area (Å²) in [5, 5.41) is 11.6. The van der Waals surface area contributed by atoms with Crippen molar-refractivity contribution in [2.75, 3.05) is 0 Å². The van der Waals surface area contributed by atoms with Gasteiger partial charge in [-0.15, -0.1) is 0 Å². The molecule has 0 aliphatic carbocycles. The SMILES string of the molecule is [O]C(F)(F)c1cccc2ccccc12. The summed E-state index contributed by atoms with van der Waals surface area (Å²) in [7, 11) is 0. The molecule has 0 saturated heterocycles. The fraction of sp³-hybridized carbons (Fsp3) is 0.0909. The zero-order chi connectivity index (χ0) is 10.2. The lowest BCUT2D eigenvalue weighted by Crippen LogP contribution is -2.09. The van der Waals surface area contributed by atoms with E-state index in [0.717, 1.165) is 6.07 Å². The average Bonchev–Trinajstić information content (AvgIpc) is 2.15. The fourth-order valence-corrected chi connectivity index (χ4v) is 1.48. The van der Waals surface area contributed by atoms with E-state index in [1.807, 2.05) is 0 Å². The van der Waals surface area contributed by atoms with Crippen LogP contribution < -0.4 is 0 Å². The summed E-state index contributed by atoms with van der Waals surface area (Å²) >= 11 is 0. The molecular formula is C11H7F2O. The molecule has 0 amide bonds. The molecule has 1 radical (unpaired) electrons. The second kappa shape index (κ2) is 3.03. The first-order chi connectivity index (χ1) is 6.59. The van der Waals surface area contributed by atoms with Gasteiger partial charge in [0.05, 0.1) is 5.56 Å². The molecular weight excluding hydrogens is 186 g/mol. The smallest absolute Gasteiger partial charge is 0.168 e. The summed E-state index contributed by atoms with van der Waals surface area (Å²) in [6.07, 6.45) is -4.03. The third-order valence-corrected chi connectivity index (χ3v) is 2.10. The molecule has 3 heteroatoms. The van der Waals surface area contributed by atoms with Crippen LogP contribution in [0.5, 0.6) is 0 Å². The van der Waals surface area contributed by atoms with Crippen molar-refractivity contribution in [3.8, 4) is 0 Å². The Labute approximate surface area is 79.6 Å². The van der Waals surface area contributed by atoms with Crippen LogP contribution in [0.2, 0.25) is 0 Å². The highest BCUT2D eigenvalue weighted by atomic mass is 19.3. The molecule has 71 valence electrons. The number of rotatable bonds is 1. The topological polar surface area (TPSA) is 19.9 Å². The van der Waals surface area contributed by atoms with Crippen LogP contribution in [0.15, 0.2) is 42.5 Å². The highest BCUT2D eigenvalue weighted by molar-refractivity contribution is 5.86. The quantitative estimate of drug-likeness (QED) is 0.662. The molecule has 0 spiro atoms. The molecule has 0 saturated carbocycles. The largest absolute Gasteiger partial charge is 0.409 e. The van der Waals surface area contributed by atoms with Gasteiger partial charge in [0.2, 0.25) is 0 Å². The van der Waals surface area contributed by atoms with Crippen LogP contribution in [-0.2, 0) is 11.2 Å². The second-order valence-corrected chi connectivity index (χ2v) is 3.04. The molecule has 0 aromatic heterocycles. The maximum Gasteiger partial charge on any atom is 0.409 e. The van der Waals surface area contributed by atoms with Crippen molar-refractivity contribution in [2.45, 2.75) is 6.11 Å². The van der Waals surface area contributed by atoms with Crippen molar-refractivity contribution in [3.05, 3.63) is 48.0 Å². The van der Waals surface area contributed by atoms with Crippen molar-refractivity contribution in [1.29, 1.82) is 0 Å². The highest BCUT2D eigenvalue weighted by Crippen LogP contribution is 2.31. The summed E-state index contributed by atoms with van der Waals surface area (Å²) in [6, 6.07) is 10.9. The number of alkyl halides is 2.